The van der Waals surface area contributed by atoms with Crippen molar-refractivity contribution in [1.82, 2.24) is 14.6 Å². The van der Waals surface area contributed by atoms with Gasteiger partial charge < -0.3 is 23.5 Å². The Morgan fingerprint density at radius 1 is 1.11 bits per heavy atom. The summed E-state index contributed by atoms with van der Waals surface area (Å²) in [6, 6.07) is 7.49. The normalized spacial score (nSPS) is 18.6. The van der Waals surface area contributed by atoms with Crippen LogP contribution < -0.4 is 20.9 Å². The standard InChI is InChI=1S/C31H46N3O9P/c1-21(2)12-14-39-24(6)16-27(30(36)40-15-13-22(3)4)33-44(38,43-25-10-8-7-9-11-25)20-42-26-17-28(41-19-26)34-18-23(5)29(35)32-31(34)37/h7-11,18,21-22,26-28H,6,12-17,19-20H2,1-5H3,(H,33,38)(H,32,35,37)/t26-,27+,28-,44?/m1/s1. The predicted octanol–water partition coefficient (Wildman–Crippen LogP) is 4.89. The van der Waals surface area contributed by atoms with Crippen molar-refractivity contribution in [2.24, 2.45) is 11.8 Å². The molecule has 1 aromatic carbocycles. The molecule has 44 heavy (non-hydrogen) atoms. The second-order valence-electron chi connectivity index (χ2n) is 11.8. The molecule has 0 saturated carbocycles. The summed E-state index contributed by atoms with van der Waals surface area (Å²) in [7, 11) is -3.91. The lowest BCUT2D eigenvalue weighted by Crippen LogP contribution is -2.39. The molecule has 13 heteroatoms. The Morgan fingerprint density at radius 2 is 1.77 bits per heavy atom. The molecule has 0 radical (unpaired) electrons. The molecule has 0 amide bonds. The summed E-state index contributed by atoms with van der Waals surface area (Å²) in [6.45, 7) is 14.5. The summed E-state index contributed by atoms with van der Waals surface area (Å²) in [5, 5.41) is 2.89. The zero-order chi connectivity index (χ0) is 32.3. The average Bonchev–Trinajstić information content (AvgIpc) is 3.42. The summed E-state index contributed by atoms with van der Waals surface area (Å²) < 4.78 is 44.6. The van der Waals surface area contributed by atoms with Crippen LogP contribution in [0.5, 0.6) is 5.75 Å². The number of aryl methyl sites for hydroxylation is 1. The molecule has 2 N–H and O–H groups in total. The summed E-state index contributed by atoms with van der Waals surface area (Å²) in [5.74, 6) is 0.831. The SMILES string of the molecule is C=C(C[C@H](NP(=O)(CO[C@H]1CO[C@@H](n2cc(C)c(=O)[nH]c2=O)C1)Oc1ccccc1)C(=O)OCCC(C)C)OCCC(C)C. The van der Waals surface area contributed by atoms with Gasteiger partial charge >= 0.3 is 19.2 Å². The number of hydrogen-bond donors (Lipinski definition) is 2. The number of aromatic nitrogens is 2. The minimum atomic E-state index is -3.91. The van der Waals surface area contributed by atoms with E-state index in [-0.39, 0.29) is 26.1 Å². The molecule has 2 aromatic rings. The lowest BCUT2D eigenvalue weighted by atomic mass is 10.1. The monoisotopic (exact) mass is 635 g/mol. The third-order valence-corrected chi connectivity index (χ3v) is 8.58. The van der Waals surface area contributed by atoms with E-state index in [4.69, 9.17) is 23.5 Å². The number of H-pyrrole nitrogens is 1. The Bertz CT molecular complexity index is 1390. The molecule has 0 aliphatic carbocycles. The molecule has 2 heterocycles. The fourth-order valence-corrected chi connectivity index (χ4v) is 6.00. The van der Waals surface area contributed by atoms with E-state index in [2.05, 4.69) is 30.5 Å². The van der Waals surface area contributed by atoms with Gasteiger partial charge in [-0.05, 0) is 43.7 Å². The minimum absolute atomic E-state index is 0.0177. The third kappa shape index (κ3) is 11.4. The van der Waals surface area contributed by atoms with Gasteiger partial charge in [-0.2, -0.15) is 0 Å². The quantitative estimate of drug-likeness (QED) is 0.132. The lowest BCUT2D eigenvalue weighted by molar-refractivity contribution is -0.146. The number of benzene rings is 1. The highest BCUT2D eigenvalue weighted by molar-refractivity contribution is 7.57. The van der Waals surface area contributed by atoms with Crippen molar-refractivity contribution in [2.45, 2.75) is 78.7 Å². The largest absolute Gasteiger partial charge is 0.498 e. The van der Waals surface area contributed by atoms with Gasteiger partial charge in [0.05, 0.1) is 31.7 Å². The van der Waals surface area contributed by atoms with E-state index >= 15 is 0 Å². The van der Waals surface area contributed by atoms with Crippen LogP contribution in [0.1, 0.15) is 65.2 Å². The van der Waals surface area contributed by atoms with Gasteiger partial charge in [0.2, 0.25) is 0 Å². The van der Waals surface area contributed by atoms with E-state index in [1.165, 1.54) is 10.8 Å². The van der Waals surface area contributed by atoms with Crippen LogP contribution in [0.15, 0.2) is 58.5 Å². The van der Waals surface area contributed by atoms with Crippen molar-refractivity contribution in [3.05, 3.63) is 75.3 Å². The molecule has 0 bridgehead atoms. The van der Waals surface area contributed by atoms with Crippen LogP contribution >= 0.6 is 7.52 Å². The van der Waals surface area contributed by atoms with Crippen LogP contribution in [0.2, 0.25) is 0 Å². The number of rotatable bonds is 18. The third-order valence-electron chi connectivity index (χ3n) is 6.88. The number of aromatic amines is 1. The molecule has 244 valence electrons. The fourth-order valence-electron chi connectivity index (χ4n) is 4.28. The molecular formula is C31H46N3O9P. The van der Waals surface area contributed by atoms with Crippen LogP contribution in [0.4, 0.5) is 0 Å². The summed E-state index contributed by atoms with van der Waals surface area (Å²) in [5.41, 5.74) is -0.698. The molecule has 1 unspecified atom stereocenters. The van der Waals surface area contributed by atoms with E-state index in [1.54, 1.807) is 37.3 Å². The van der Waals surface area contributed by atoms with E-state index in [9.17, 15) is 18.9 Å². The lowest BCUT2D eigenvalue weighted by Gasteiger charge is -2.26. The second kappa shape index (κ2) is 16.8. The number of nitrogens with zero attached hydrogens (tertiary/aromatic N) is 1. The van der Waals surface area contributed by atoms with Crippen LogP contribution in [0.25, 0.3) is 0 Å². The topological polar surface area (TPSA) is 147 Å². The predicted molar refractivity (Wildman–Crippen MR) is 167 cm³/mol. The van der Waals surface area contributed by atoms with Crippen LogP contribution in [-0.4, -0.2) is 53.8 Å². The Balaban J connectivity index is 1.76. The first-order valence-corrected chi connectivity index (χ1v) is 16.8. The highest BCUT2D eigenvalue weighted by Gasteiger charge is 2.37. The van der Waals surface area contributed by atoms with E-state index in [0.717, 1.165) is 6.42 Å². The Labute approximate surface area is 258 Å². The Kier molecular flexibility index (Phi) is 13.5. The maximum absolute atomic E-state index is 14.3. The first-order chi connectivity index (χ1) is 20.8. The van der Waals surface area contributed by atoms with E-state index < -0.39 is 49.5 Å². The number of para-hydroxylation sites is 1. The number of carbonyl (C=O) groups excluding carboxylic acids is 1. The second-order valence-corrected chi connectivity index (χ2v) is 13.8. The van der Waals surface area contributed by atoms with Gasteiger partial charge in [-0.15, -0.1) is 0 Å². The molecule has 1 aliphatic rings. The fraction of sp³-hybridized carbons (Fsp3) is 0.581. The molecule has 0 spiro atoms. The van der Waals surface area contributed by atoms with Crippen LogP contribution in [-0.2, 0) is 28.3 Å². The van der Waals surface area contributed by atoms with Gasteiger partial charge in [-0.1, -0.05) is 52.5 Å². The minimum Gasteiger partial charge on any atom is -0.498 e. The maximum Gasteiger partial charge on any atom is 0.342 e. The number of nitrogens with one attached hydrogen (secondary N) is 2. The molecule has 1 fully saturated rings. The summed E-state index contributed by atoms with van der Waals surface area (Å²) in [4.78, 5) is 39.6. The average molecular weight is 636 g/mol. The number of esters is 1. The highest BCUT2D eigenvalue weighted by Crippen LogP contribution is 2.45. The van der Waals surface area contributed by atoms with Crippen molar-refractivity contribution in [3.63, 3.8) is 0 Å². The van der Waals surface area contributed by atoms with Gasteiger partial charge in [0.15, 0.2) is 0 Å². The van der Waals surface area contributed by atoms with Gasteiger partial charge in [-0.25, -0.2) is 9.88 Å². The van der Waals surface area contributed by atoms with E-state index in [0.29, 0.717) is 41.9 Å². The Hall–Kier alpha value is -3.18. The van der Waals surface area contributed by atoms with Gasteiger partial charge in [0.1, 0.15) is 24.4 Å². The molecule has 4 atom stereocenters. The van der Waals surface area contributed by atoms with Crippen molar-refractivity contribution in [2.75, 3.05) is 26.2 Å². The number of hydrogen-bond acceptors (Lipinski definition) is 9. The first-order valence-electron chi connectivity index (χ1n) is 15.0. The van der Waals surface area contributed by atoms with Crippen LogP contribution in [0, 0.1) is 18.8 Å². The molecule has 1 aliphatic heterocycles. The number of carbonyl (C=O) groups is 1. The van der Waals surface area contributed by atoms with Gasteiger partial charge in [0.25, 0.3) is 5.56 Å². The zero-order valence-electron chi connectivity index (χ0n) is 26.3. The summed E-state index contributed by atoms with van der Waals surface area (Å²) in [6.07, 6.45) is 1.58. The molecular weight excluding hydrogens is 589 g/mol. The molecule has 1 saturated heterocycles. The van der Waals surface area contributed by atoms with Crippen molar-refractivity contribution in [3.8, 4) is 5.75 Å². The summed E-state index contributed by atoms with van der Waals surface area (Å²) >= 11 is 0. The molecule has 3 rings (SSSR count). The van der Waals surface area contributed by atoms with Crippen molar-refractivity contribution < 1.29 is 32.8 Å². The maximum atomic E-state index is 14.3. The zero-order valence-corrected chi connectivity index (χ0v) is 27.2. The van der Waals surface area contributed by atoms with Gasteiger partial charge in [-0.3, -0.25) is 23.7 Å². The molecule has 1 aromatic heterocycles. The van der Waals surface area contributed by atoms with Crippen LogP contribution in [0.3, 0.4) is 0 Å². The molecule has 12 nitrogen and oxygen atoms in total. The Morgan fingerprint density at radius 3 is 2.43 bits per heavy atom. The van der Waals surface area contributed by atoms with Crippen molar-refractivity contribution in [1.29, 1.82) is 0 Å². The highest BCUT2D eigenvalue weighted by atomic mass is 31.2. The number of ether oxygens (including phenoxy) is 4. The van der Waals surface area contributed by atoms with Crippen molar-refractivity contribution >= 4 is 13.5 Å². The van der Waals surface area contributed by atoms with Gasteiger partial charge in [0, 0.05) is 24.6 Å². The van der Waals surface area contributed by atoms with E-state index in [1.807, 2.05) is 13.8 Å². The smallest absolute Gasteiger partial charge is 0.342 e. The first kappa shape index (κ1) is 35.3.